The summed E-state index contributed by atoms with van der Waals surface area (Å²) in [6.45, 7) is 1.53. The molecule has 0 aliphatic heterocycles. The molecule has 2 rings (SSSR count). The van der Waals surface area contributed by atoms with E-state index in [0.717, 1.165) is 4.90 Å². The van der Waals surface area contributed by atoms with Gasteiger partial charge in [0.25, 0.3) is 11.8 Å². The number of benzene rings is 2. The highest BCUT2D eigenvalue weighted by molar-refractivity contribution is 7.98. The fourth-order valence-corrected chi connectivity index (χ4v) is 2.21. The van der Waals surface area contributed by atoms with Gasteiger partial charge in [-0.25, -0.2) is 4.39 Å². The van der Waals surface area contributed by atoms with Crippen LogP contribution < -0.4 is 15.6 Å². The van der Waals surface area contributed by atoms with Crippen LogP contribution in [-0.2, 0) is 4.79 Å². The highest BCUT2D eigenvalue weighted by Gasteiger charge is 2.16. The molecule has 2 aromatic carbocycles. The van der Waals surface area contributed by atoms with Crippen LogP contribution in [-0.4, -0.2) is 24.2 Å². The second-order valence-electron chi connectivity index (χ2n) is 4.89. The molecule has 126 valence electrons. The van der Waals surface area contributed by atoms with Gasteiger partial charge in [0.05, 0.1) is 0 Å². The predicted octanol–water partition coefficient (Wildman–Crippen LogP) is 2.78. The number of carbonyl (C=O) groups excluding carboxylic acids is 2. The fourth-order valence-electron chi connectivity index (χ4n) is 1.81. The average Bonchev–Trinajstić information content (AvgIpc) is 2.61. The van der Waals surface area contributed by atoms with Gasteiger partial charge in [0, 0.05) is 10.5 Å². The van der Waals surface area contributed by atoms with E-state index in [1.807, 2.05) is 18.4 Å². The average molecular weight is 348 g/mol. The van der Waals surface area contributed by atoms with Crippen LogP contribution in [0.4, 0.5) is 4.39 Å². The van der Waals surface area contributed by atoms with E-state index in [1.54, 1.807) is 23.9 Å². The van der Waals surface area contributed by atoms with Crippen LogP contribution in [0, 0.1) is 5.82 Å². The van der Waals surface area contributed by atoms with Crippen LogP contribution in [0.1, 0.15) is 17.3 Å². The Hall–Kier alpha value is -2.54. The third-order valence-electron chi connectivity index (χ3n) is 3.15. The van der Waals surface area contributed by atoms with Gasteiger partial charge in [0.1, 0.15) is 11.6 Å². The third-order valence-corrected chi connectivity index (χ3v) is 3.89. The molecule has 0 aliphatic rings. The van der Waals surface area contributed by atoms with E-state index in [1.165, 1.54) is 31.2 Å². The zero-order valence-corrected chi connectivity index (χ0v) is 14.0. The quantitative estimate of drug-likeness (QED) is 0.644. The molecule has 0 aliphatic carbocycles. The Balaban J connectivity index is 1.84. The van der Waals surface area contributed by atoms with Crippen LogP contribution in [0.15, 0.2) is 53.4 Å². The van der Waals surface area contributed by atoms with Crippen molar-refractivity contribution in [2.45, 2.75) is 17.9 Å². The van der Waals surface area contributed by atoms with Crippen LogP contribution in [0.2, 0.25) is 0 Å². The maximum absolute atomic E-state index is 12.8. The van der Waals surface area contributed by atoms with Crippen LogP contribution in [0.3, 0.4) is 0 Å². The molecule has 0 radical (unpaired) electrons. The smallest absolute Gasteiger partial charge is 0.279 e. The van der Waals surface area contributed by atoms with Gasteiger partial charge in [0.2, 0.25) is 0 Å². The van der Waals surface area contributed by atoms with Crippen molar-refractivity contribution in [3.8, 4) is 5.75 Å². The van der Waals surface area contributed by atoms with E-state index in [9.17, 15) is 14.0 Å². The van der Waals surface area contributed by atoms with Gasteiger partial charge < -0.3 is 4.74 Å². The summed E-state index contributed by atoms with van der Waals surface area (Å²) in [5.41, 5.74) is 5.06. The van der Waals surface area contributed by atoms with Crippen molar-refractivity contribution in [3.05, 3.63) is 59.9 Å². The molecule has 2 amide bonds. The molecular formula is C17H17FN2O3S. The minimum Gasteiger partial charge on any atom is -0.481 e. The lowest BCUT2D eigenvalue weighted by atomic mass is 10.2. The number of ether oxygens (including phenoxy) is 1. The molecule has 0 saturated heterocycles. The molecule has 0 fully saturated rings. The second-order valence-corrected chi connectivity index (χ2v) is 5.77. The summed E-state index contributed by atoms with van der Waals surface area (Å²) < 4.78 is 18.2. The van der Waals surface area contributed by atoms with E-state index in [4.69, 9.17) is 4.74 Å². The molecule has 0 saturated carbocycles. The molecule has 0 spiro atoms. The Bertz CT molecular complexity index is 705. The van der Waals surface area contributed by atoms with Gasteiger partial charge in [-0.05, 0) is 61.7 Å². The fraction of sp³-hybridized carbons (Fsp3) is 0.176. The topological polar surface area (TPSA) is 67.4 Å². The number of hydrogen-bond acceptors (Lipinski definition) is 4. The third kappa shape index (κ3) is 4.99. The summed E-state index contributed by atoms with van der Waals surface area (Å²) in [7, 11) is 0. The Labute approximate surface area is 143 Å². The highest BCUT2D eigenvalue weighted by atomic mass is 32.2. The summed E-state index contributed by atoms with van der Waals surface area (Å²) in [6, 6.07) is 12.3. The molecule has 0 bridgehead atoms. The summed E-state index contributed by atoms with van der Waals surface area (Å²) in [5, 5.41) is 0. The van der Waals surface area contributed by atoms with E-state index < -0.39 is 17.9 Å². The summed E-state index contributed by atoms with van der Waals surface area (Å²) in [4.78, 5) is 24.9. The Morgan fingerprint density at radius 1 is 1.04 bits per heavy atom. The van der Waals surface area contributed by atoms with Crippen LogP contribution >= 0.6 is 11.8 Å². The van der Waals surface area contributed by atoms with E-state index >= 15 is 0 Å². The second kappa shape index (κ2) is 8.35. The lowest BCUT2D eigenvalue weighted by Gasteiger charge is -2.15. The zero-order valence-electron chi connectivity index (χ0n) is 13.2. The summed E-state index contributed by atoms with van der Waals surface area (Å²) in [5.74, 6) is -0.976. The first-order valence-corrected chi connectivity index (χ1v) is 8.38. The monoisotopic (exact) mass is 348 g/mol. The van der Waals surface area contributed by atoms with Gasteiger partial charge in [-0.2, -0.15) is 0 Å². The first kappa shape index (κ1) is 17.8. The molecule has 0 heterocycles. The van der Waals surface area contributed by atoms with Crippen molar-refractivity contribution < 1.29 is 18.7 Å². The van der Waals surface area contributed by atoms with Crippen molar-refractivity contribution in [2.75, 3.05) is 6.26 Å². The van der Waals surface area contributed by atoms with Gasteiger partial charge >= 0.3 is 0 Å². The number of hydrogen-bond donors (Lipinski definition) is 2. The molecule has 2 N–H and O–H groups in total. The van der Waals surface area contributed by atoms with Gasteiger partial charge in [-0.1, -0.05) is 0 Å². The maximum Gasteiger partial charge on any atom is 0.279 e. The number of halogens is 1. The van der Waals surface area contributed by atoms with E-state index in [-0.39, 0.29) is 5.82 Å². The molecule has 1 atom stereocenters. The van der Waals surface area contributed by atoms with Gasteiger partial charge in [-0.3, -0.25) is 20.4 Å². The van der Waals surface area contributed by atoms with Crippen molar-refractivity contribution in [1.29, 1.82) is 0 Å². The minimum absolute atomic E-state index is 0.359. The zero-order chi connectivity index (χ0) is 17.5. The van der Waals surface area contributed by atoms with E-state index in [2.05, 4.69) is 10.9 Å². The number of nitrogens with one attached hydrogen (secondary N) is 2. The number of carbonyl (C=O) groups is 2. The molecule has 24 heavy (non-hydrogen) atoms. The maximum atomic E-state index is 12.8. The van der Waals surface area contributed by atoms with Crippen LogP contribution in [0.5, 0.6) is 5.75 Å². The van der Waals surface area contributed by atoms with Crippen molar-refractivity contribution in [1.82, 2.24) is 10.9 Å². The number of thioether (sulfide) groups is 1. The molecule has 0 aromatic heterocycles. The summed E-state index contributed by atoms with van der Waals surface area (Å²) >= 11 is 1.57. The molecule has 2 aromatic rings. The summed E-state index contributed by atoms with van der Waals surface area (Å²) in [6.07, 6.45) is 1.09. The lowest BCUT2D eigenvalue weighted by Crippen LogP contribution is -2.47. The molecular weight excluding hydrogens is 331 g/mol. The first-order valence-electron chi connectivity index (χ1n) is 7.16. The van der Waals surface area contributed by atoms with Crippen molar-refractivity contribution >= 4 is 23.6 Å². The highest BCUT2D eigenvalue weighted by Crippen LogP contribution is 2.15. The minimum atomic E-state index is -0.852. The number of hydrazine groups is 1. The molecule has 5 nitrogen and oxygen atoms in total. The van der Waals surface area contributed by atoms with Crippen molar-refractivity contribution in [2.24, 2.45) is 0 Å². The number of rotatable bonds is 5. The van der Waals surface area contributed by atoms with Gasteiger partial charge in [0.15, 0.2) is 6.10 Å². The lowest BCUT2D eigenvalue weighted by molar-refractivity contribution is -0.128. The Kier molecular flexibility index (Phi) is 6.20. The molecule has 0 unspecified atom stereocenters. The van der Waals surface area contributed by atoms with Crippen molar-refractivity contribution in [3.63, 3.8) is 0 Å². The van der Waals surface area contributed by atoms with Crippen LogP contribution in [0.25, 0.3) is 0 Å². The normalized spacial score (nSPS) is 11.5. The first-order chi connectivity index (χ1) is 11.5. The van der Waals surface area contributed by atoms with Gasteiger partial charge in [-0.15, -0.1) is 11.8 Å². The van der Waals surface area contributed by atoms with E-state index in [0.29, 0.717) is 11.3 Å². The largest absolute Gasteiger partial charge is 0.481 e. The predicted molar refractivity (Wildman–Crippen MR) is 90.3 cm³/mol. The Morgan fingerprint density at radius 2 is 1.67 bits per heavy atom. The Morgan fingerprint density at radius 3 is 2.25 bits per heavy atom. The molecule has 7 heteroatoms. The number of amides is 2. The standard InChI is InChI=1S/C17H17FN2O3S/c1-11(23-14-7-5-13(18)6-8-14)16(21)19-20-17(22)12-3-9-15(24-2)10-4-12/h3-11H,1-2H3,(H,19,21)(H,20,22)/t11-/m0/s1. The SMILES string of the molecule is CSc1ccc(C(=O)NNC(=O)[C@H](C)Oc2ccc(F)cc2)cc1.